The van der Waals surface area contributed by atoms with Gasteiger partial charge in [-0.3, -0.25) is 14.4 Å². The van der Waals surface area contributed by atoms with Gasteiger partial charge in [-0.2, -0.15) is 9.78 Å². The van der Waals surface area contributed by atoms with Crippen LogP contribution >= 0.6 is 0 Å². The lowest BCUT2D eigenvalue weighted by atomic mass is 9.74. The molecule has 0 radical (unpaired) electrons. The van der Waals surface area contributed by atoms with E-state index in [1.807, 2.05) is 6.07 Å². The third kappa shape index (κ3) is 3.52. The number of nitrogens with zero attached hydrogens (tertiary/aromatic N) is 2. The Morgan fingerprint density at radius 1 is 0.909 bits per heavy atom. The van der Waals surface area contributed by atoms with Gasteiger partial charge in [0.1, 0.15) is 23.0 Å². The Labute approximate surface area is 250 Å². The number of para-hydroxylation sites is 1. The minimum absolute atomic E-state index is 0.00578. The second-order valence-electron chi connectivity index (χ2n) is 11.0. The number of aromatic hydroxyl groups is 3. The molecule has 1 heterocycles. The molecule has 0 saturated heterocycles. The molecule has 5 aromatic rings. The zero-order chi connectivity index (χ0) is 31.0. The molecular weight excluding hydrogens is 560 g/mol. The molecule has 0 atom stereocenters. The molecule has 4 aromatic carbocycles. The molecule has 218 valence electrons. The number of ketones is 2. The van der Waals surface area contributed by atoms with Crippen molar-refractivity contribution in [3.63, 3.8) is 0 Å². The van der Waals surface area contributed by atoms with E-state index in [9.17, 15) is 29.7 Å². The second-order valence-corrected chi connectivity index (χ2v) is 11.0. The molecular formula is C35H26N2O7. The predicted octanol–water partition coefficient (Wildman–Crippen LogP) is 5.09. The summed E-state index contributed by atoms with van der Waals surface area (Å²) in [4.78, 5) is 41.8. The van der Waals surface area contributed by atoms with E-state index in [-0.39, 0.29) is 56.0 Å². The lowest BCUT2D eigenvalue weighted by molar-refractivity contribution is 0.0971. The van der Waals surface area contributed by atoms with Gasteiger partial charge in [-0.15, -0.1) is 6.58 Å². The van der Waals surface area contributed by atoms with Crippen molar-refractivity contribution in [1.29, 1.82) is 0 Å². The summed E-state index contributed by atoms with van der Waals surface area (Å²) in [5.41, 5.74) is 1.74. The number of methoxy groups -OCH3 is 1. The molecule has 44 heavy (non-hydrogen) atoms. The van der Waals surface area contributed by atoms with E-state index in [1.54, 1.807) is 49.4 Å². The number of fused-ring (bicyclic) bond motifs is 6. The topological polar surface area (TPSA) is 139 Å². The summed E-state index contributed by atoms with van der Waals surface area (Å²) < 4.78 is 6.92. The van der Waals surface area contributed by atoms with Gasteiger partial charge in [-0.1, -0.05) is 24.3 Å². The van der Waals surface area contributed by atoms with E-state index in [0.29, 0.717) is 52.6 Å². The largest absolute Gasteiger partial charge is 0.507 e. The van der Waals surface area contributed by atoms with Crippen molar-refractivity contribution in [2.75, 3.05) is 7.11 Å². The monoisotopic (exact) mass is 586 g/mol. The maximum atomic E-state index is 14.1. The first kappa shape index (κ1) is 27.2. The van der Waals surface area contributed by atoms with E-state index in [2.05, 4.69) is 11.7 Å². The molecule has 0 saturated carbocycles. The second kappa shape index (κ2) is 9.67. The number of benzene rings is 4. The Balaban J connectivity index is 1.54. The summed E-state index contributed by atoms with van der Waals surface area (Å²) in [5, 5.41) is 39.4. The molecule has 0 spiro atoms. The van der Waals surface area contributed by atoms with Gasteiger partial charge >= 0.3 is 0 Å². The number of phenolic OH excluding ortho intramolecular Hbond substituents is 3. The van der Waals surface area contributed by atoms with Gasteiger partial charge in [-0.05, 0) is 67.1 Å². The van der Waals surface area contributed by atoms with E-state index < -0.39 is 22.9 Å². The maximum absolute atomic E-state index is 14.1. The van der Waals surface area contributed by atoms with Gasteiger partial charge in [0.05, 0.1) is 41.1 Å². The number of aromatic nitrogens is 2. The predicted molar refractivity (Wildman–Crippen MR) is 164 cm³/mol. The van der Waals surface area contributed by atoms with Crippen LogP contribution < -0.4 is 10.3 Å². The number of phenols is 3. The lowest BCUT2D eigenvalue weighted by Crippen LogP contribution is -2.25. The molecule has 0 unspecified atom stereocenters. The first-order valence-electron chi connectivity index (χ1n) is 14.0. The number of carbonyl (C=O) groups excluding carboxylic acids is 2. The summed E-state index contributed by atoms with van der Waals surface area (Å²) in [6.07, 6.45) is 4.17. The average molecular weight is 587 g/mol. The number of carbonyl (C=O) groups is 2. The van der Waals surface area contributed by atoms with Gasteiger partial charge in [0.15, 0.2) is 5.78 Å². The van der Waals surface area contributed by atoms with Crippen LogP contribution in [0.15, 0.2) is 66.1 Å². The van der Waals surface area contributed by atoms with Crippen LogP contribution in [0.3, 0.4) is 0 Å². The number of hydrogen-bond donors (Lipinski definition) is 3. The van der Waals surface area contributed by atoms with Crippen molar-refractivity contribution in [2.45, 2.75) is 26.2 Å². The van der Waals surface area contributed by atoms with Gasteiger partial charge in [0, 0.05) is 27.6 Å². The van der Waals surface area contributed by atoms with Crippen LogP contribution in [0.4, 0.5) is 0 Å². The van der Waals surface area contributed by atoms with Crippen molar-refractivity contribution < 1.29 is 29.6 Å². The molecule has 1 aromatic heterocycles. The number of aryl methyl sites for hydroxylation is 1. The van der Waals surface area contributed by atoms with E-state index in [4.69, 9.17) is 4.74 Å². The highest BCUT2D eigenvalue weighted by Crippen LogP contribution is 2.54. The van der Waals surface area contributed by atoms with Crippen LogP contribution in [-0.2, 0) is 19.3 Å². The lowest BCUT2D eigenvalue weighted by Gasteiger charge is -2.30. The summed E-state index contributed by atoms with van der Waals surface area (Å²) in [7, 11) is 1.36. The minimum Gasteiger partial charge on any atom is -0.507 e. The normalized spacial score (nSPS) is 13.2. The summed E-state index contributed by atoms with van der Waals surface area (Å²) >= 11 is 0. The molecule has 0 bridgehead atoms. The van der Waals surface area contributed by atoms with Gasteiger partial charge in [-0.25, -0.2) is 0 Å². The molecule has 0 amide bonds. The standard InChI is InChI=1S/C35H26N2O7/c1-4-8-17-14-22-26(29(38)16(17)2)33(42)28-27(30(22)39)32(41)25-21(34(28)44-3)12-11-18-13-19-15-36-37(20-9-6-5-7-10-20)35(43)24(19)31(40)23(18)25/h4-7,9-10,13-15,38,40-41H,1,8,11-12H2,2-3H3. The molecule has 2 aliphatic rings. The highest BCUT2D eigenvalue weighted by Gasteiger charge is 2.42. The summed E-state index contributed by atoms with van der Waals surface area (Å²) in [6.45, 7) is 5.39. The highest BCUT2D eigenvalue weighted by molar-refractivity contribution is 6.32. The SMILES string of the molecule is C=CCc1cc2c(c(O)c1C)C(=O)c1c(OC)c3c(c(O)c1C2=O)-c1c(cc2cnn(-c4ccccc4)c(=O)c2c1O)CC3. The van der Waals surface area contributed by atoms with Gasteiger partial charge < -0.3 is 20.1 Å². The smallest absolute Gasteiger partial charge is 0.283 e. The van der Waals surface area contributed by atoms with Crippen molar-refractivity contribution in [1.82, 2.24) is 9.78 Å². The number of rotatable bonds is 4. The van der Waals surface area contributed by atoms with Crippen molar-refractivity contribution in [3.8, 4) is 39.8 Å². The first-order valence-corrected chi connectivity index (χ1v) is 14.0. The molecule has 0 aliphatic heterocycles. The average Bonchev–Trinajstić information content (AvgIpc) is 3.02. The van der Waals surface area contributed by atoms with Crippen molar-refractivity contribution >= 4 is 22.3 Å². The zero-order valence-corrected chi connectivity index (χ0v) is 23.9. The fraction of sp³-hybridized carbons (Fsp3) is 0.143. The number of ether oxygens (including phenoxy) is 1. The van der Waals surface area contributed by atoms with E-state index >= 15 is 0 Å². The highest BCUT2D eigenvalue weighted by atomic mass is 16.5. The van der Waals surface area contributed by atoms with Crippen LogP contribution in [0.1, 0.15) is 54.1 Å². The van der Waals surface area contributed by atoms with Gasteiger partial charge in [0.2, 0.25) is 5.78 Å². The van der Waals surface area contributed by atoms with Crippen LogP contribution in [0.2, 0.25) is 0 Å². The molecule has 7 rings (SSSR count). The third-order valence-corrected chi connectivity index (χ3v) is 8.71. The number of hydrogen-bond acceptors (Lipinski definition) is 8. The van der Waals surface area contributed by atoms with Gasteiger partial charge in [0.25, 0.3) is 5.56 Å². The Bertz CT molecular complexity index is 2200. The summed E-state index contributed by atoms with van der Waals surface area (Å²) in [5.74, 6) is -2.42. The van der Waals surface area contributed by atoms with Crippen molar-refractivity contribution in [3.05, 3.63) is 116 Å². The Morgan fingerprint density at radius 2 is 1.66 bits per heavy atom. The molecule has 0 fully saturated rings. The minimum atomic E-state index is -0.670. The first-order chi connectivity index (χ1) is 21.2. The van der Waals surface area contributed by atoms with E-state index in [1.165, 1.54) is 18.0 Å². The zero-order valence-electron chi connectivity index (χ0n) is 23.9. The fourth-order valence-electron chi connectivity index (χ4n) is 6.63. The fourth-order valence-corrected chi connectivity index (χ4v) is 6.63. The third-order valence-electron chi connectivity index (χ3n) is 8.71. The maximum Gasteiger partial charge on any atom is 0.283 e. The number of allylic oxidation sites excluding steroid dienone is 1. The van der Waals surface area contributed by atoms with Crippen LogP contribution in [0.25, 0.3) is 27.6 Å². The molecule has 9 nitrogen and oxygen atoms in total. The van der Waals surface area contributed by atoms with Crippen LogP contribution in [0.5, 0.6) is 23.0 Å². The quantitative estimate of drug-likeness (QED) is 0.243. The molecule has 9 heteroatoms. The summed E-state index contributed by atoms with van der Waals surface area (Å²) in [6, 6.07) is 12.1. The Hall–Kier alpha value is -5.70. The molecule has 2 aliphatic carbocycles. The molecule has 3 N–H and O–H groups in total. The van der Waals surface area contributed by atoms with E-state index in [0.717, 1.165) is 0 Å². The Morgan fingerprint density at radius 3 is 2.36 bits per heavy atom. The Kier molecular flexibility index (Phi) is 5.97. The van der Waals surface area contributed by atoms with Crippen molar-refractivity contribution in [2.24, 2.45) is 0 Å². The van der Waals surface area contributed by atoms with Crippen LogP contribution in [0, 0.1) is 6.92 Å². The van der Waals surface area contributed by atoms with Crippen LogP contribution in [-0.4, -0.2) is 43.8 Å².